The second-order valence-electron chi connectivity index (χ2n) is 4.92. The zero-order valence-corrected chi connectivity index (χ0v) is 10.8. The molecule has 102 valence electrons. The first-order chi connectivity index (χ1) is 9.13. The number of nitrogens with two attached hydrogens (primary N) is 1. The number of imide groups is 1. The highest BCUT2D eigenvalue weighted by atomic mass is 16.2. The summed E-state index contributed by atoms with van der Waals surface area (Å²) in [6, 6.07) is 9.51. The Hall–Kier alpha value is -1.72. The Morgan fingerprint density at radius 2 is 2.00 bits per heavy atom. The molecule has 1 aliphatic heterocycles. The highest BCUT2D eigenvalue weighted by Crippen LogP contribution is 2.05. The molecule has 0 spiro atoms. The Bertz CT molecular complexity index is 447. The quantitative estimate of drug-likeness (QED) is 0.794. The van der Waals surface area contributed by atoms with Gasteiger partial charge in [0, 0.05) is 19.1 Å². The molecule has 0 aromatic heterocycles. The van der Waals surface area contributed by atoms with Crippen LogP contribution < -0.4 is 11.1 Å². The average Bonchev–Trinajstić information content (AvgIpc) is 2.75. The van der Waals surface area contributed by atoms with Crippen LogP contribution in [0.25, 0.3) is 0 Å². The zero-order valence-electron chi connectivity index (χ0n) is 10.8. The van der Waals surface area contributed by atoms with Crippen LogP contribution in [-0.4, -0.2) is 42.4 Å². The number of likely N-dealkylation sites (tertiary alicyclic amines) is 1. The lowest BCUT2D eigenvalue weighted by Gasteiger charge is -2.14. The van der Waals surface area contributed by atoms with Crippen molar-refractivity contribution in [3.8, 4) is 0 Å². The molecular formula is C14H19N3O2. The van der Waals surface area contributed by atoms with Gasteiger partial charge in [0.15, 0.2) is 0 Å². The summed E-state index contributed by atoms with van der Waals surface area (Å²) in [6.45, 7) is 1.79. The maximum Gasteiger partial charge on any atom is 0.240 e. The maximum absolute atomic E-state index is 11.7. The number of carbonyl (C=O) groups is 2. The third kappa shape index (κ3) is 4.46. The molecule has 1 aromatic carbocycles. The van der Waals surface area contributed by atoms with E-state index in [1.807, 2.05) is 35.2 Å². The Morgan fingerprint density at radius 1 is 1.26 bits per heavy atom. The van der Waals surface area contributed by atoms with Gasteiger partial charge in [-0.2, -0.15) is 0 Å². The van der Waals surface area contributed by atoms with Gasteiger partial charge in [-0.25, -0.2) is 0 Å². The molecule has 19 heavy (non-hydrogen) atoms. The minimum absolute atomic E-state index is 0.146. The van der Waals surface area contributed by atoms with E-state index in [4.69, 9.17) is 5.73 Å². The first-order valence-electron chi connectivity index (χ1n) is 6.48. The predicted octanol–water partition coefficient (Wildman–Crippen LogP) is -0.0951. The van der Waals surface area contributed by atoms with E-state index in [-0.39, 0.29) is 30.8 Å². The number of hydrogen-bond acceptors (Lipinski definition) is 4. The summed E-state index contributed by atoms with van der Waals surface area (Å²) >= 11 is 0. The minimum atomic E-state index is -0.264. The van der Waals surface area contributed by atoms with Crippen molar-refractivity contribution in [1.29, 1.82) is 0 Å². The number of rotatable bonds is 4. The summed E-state index contributed by atoms with van der Waals surface area (Å²) in [5, 5.41) is 2.41. The Labute approximate surface area is 112 Å². The van der Waals surface area contributed by atoms with Crippen molar-refractivity contribution in [1.82, 2.24) is 10.2 Å². The molecule has 1 saturated heterocycles. The molecule has 0 bridgehead atoms. The lowest BCUT2D eigenvalue weighted by Crippen LogP contribution is -2.40. The predicted molar refractivity (Wildman–Crippen MR) is 72.3 cm³/mol. The fourth-order valence-corrected chi connectivity index (χ4v) is 2.23. The number of nitrogens with one attached hydrogen (secondary N) is 1. The lowest BCUT2D eigenvalue weighted by molar-refractivity contribution is -0.130. The smallest absolute Gasteiger partial charge is 0.240 e. The van der Waals surface area contributed by atoms with Crippen LogP contribution in [0.2, 0.25) is 0 Å². The van der Waals surface area contributed by atoms with Crippen LogP contribution in [-0.2, 0) is 16.0 Å². The maximum atomic E-state index is 11.7. The van der Waals surface area contributed by atoms with Crippen molar-refractivity contribution >= 4 is 11.8 Å². The van der Waals surface area contributed by atoms with Gasteiger partial charge in [-0.15, -0.1) is 0 Å². The minimum Gasteiger partial charge on any atom is -0.326 e. The summed E-state index contributed by atoms with van der Waals surface area (Å²) in [6.07, 6.45) is 1.14. The van der Waals surface area contributed by atoms with E-state index in [0.717, 1.165) is 25.1 Å². The molecule has 0 radical (unpaired) electrons. The summed E-state index contributed by atoms with van der Waals surface area (Å²) in [7, 11) is 0. The van der Waals surface area contributed by atoms with Gasteiger partial charge >= 0.3 is 0 Å². The SMILES string of the molecule is N[C@H]1CCN(CC(=O)NC(=O)Cc2ccccc2)C1. The first-order valence-corrected chi connectivity index (χ1v) is 6.48. The lowest BCUT2D eigenvalue weighted by atomic mass is 10.1. The first kappa shape index (κ1) is 13.7. The zero-order chi connectivity index (χ0) is 13.7. The molecular weight excluding hydrogens is 242 g/mol. The summed E-state index contributed by atoms with van der Waals surface area (Å²) in [5.74, 6) is -0.519. The second-order valence-corrected chi connectivity index (χ2v) is 4.92. The molecule has 0 unspecified atom stereocenters. The van der Waals surface area contributed by atoms with E-state index in [1.54, 1.807) is 0 Å². The molecule has 5 heteroatoms. The van der Waals surface area contributed by atoms with E-state index in [1.165, 1.54) is 0 Å². The largest absolute Gasteiger partial charge is 0.326 e. The van der Waals surface area contributed by atoms with Crippen LogP contribution in [0.15, 0.2) is 30.3 Å². The van der Waals surface area contributed by atoms with Gasteiger partial charge in [-0.1, -0.05) is 30.3 Å². The number of benzene rings is 1. The van der Waals surface area contributed by atoms with Gasteiger partial charge in [0.25, 0.3) is 0 Å². The fraction of sp³-hybridized carbons (Fsp3) is 0.429. The van der Waals surface area contributed by atoms with Crippen molar-refractivity contribution in [2.75, 3.05) is 19.6 Å². The van der Waals surface area contributed by atoms with Crippen molar-refractivity contribution < 1.29 is 9.59 Å². The van der Waals surface area contributed by atoms with Gasteiger partial charge in [0.2, 0.25) is 11.8 Å². The van der Waals surface area contributed by atoms with Crippen LogP contribution in [0.3, 0.4) is 0 Å². The van der Waals surface area contributed by atoms with Crippen molar-refractivity contribution in [3.05, 3.63) is 35.9 Å². The normalized spacial score (nSPS) is 19.3. The van der Waals surface area contributed by atoms with Crippen LogP contribution in [0, 0.1) is 0 Å². The number of hydrogen-bond donors (Lipinski definition) is 2. The van der Waals surface area contributed by atoms with Crippen LogP contribution in [0.5, 0.6) is 0 Å². The Morgan fingerprint density at radius 3 is 2.63 bits per heavy atom. The number of carbonyl (C=O) groups excluding carboxylic acids is 2. The van der Waals surface area contributed by atoms with E-state index >= 15 is 0 Å². The summed E-state index contributed by atoms with van der Waals surface area (Å²) < 4.78 is 0. The number of nitrogens with zero attached hydrogens (tertiary/aromatic N) is 1. The highest BCUT2D eigenvalue weighted by Gasteiger charge is 2.21. The molecule has 2 amide bonds. The number of amides is 2. The highest BCUT2D eigenvalue weighted by molar-refractivity contribution is 5.96. The van der Waals surface area contributed by atoms with Crippen LogP contribution in [0.1, 0.15) is 12.0 Å². The topological polar surface area (TPSA) is 75.4 Å². The molecule has 1 aliphatic rings. The van der Waals surface area contributed by atoms with E-state index < -0.39 is 0 Å². The molecule has 1 heterocycles. The van der Waals surface area contributed by atoms with Crippen LogP contribution >= 0.6 is 0 Å². The van der Waals surface area contributed by atoms with Gasteiger partial charge in [0.1, 0.15) is 0 Å². The van der Waals surface area contributed by atoms with Gasteiger partial charge in [-0.3, -0.25) is 19.8 Å². The Balaban J connectivity index is 1.74. The molecule has 0 aliphatic carbocycles. The molecule has 1 aromatic rings. The van der Waals surface area contributed by atoms with Gasteiger partial charge in [0.05, 0.1) is 13.0 Å². The third-order valence-corrected chi connectivity index (χ3v) is 3.16. The molecule has 1 atom stereocenters. The molecule has 5 nitrogen and oxygen atoms in total. The second kappa shape index (κ2) is 6.45. The molecule has 0 saturated carbocycles. The van der Waals surface area contributed by atoms with Crippen molar-refractivity contribution in [2.24, 2.45) is 5.73 Å². The van der Waals surface area contributed by atoms with Crippen molar-refractivity contribution in [2.45, 2.75) is 18.9 Å². The molecule has 3 N–H and O–H groups in total. The molecule has 2 rings (SSSR count). The summed E-state index contributed by atoms with van der Waals surface area (Å²) in [5.41, 5.74) is 6.66. The summed E-state index contributed by atoms with van der Waals surface area (Å²) in [4.78, 5) is 25.3. The van der Waals surface area contributed by atoms with Crippen LogP contribution in [0.4, 0.5) is 0 Å². The van der Waals surface area contributed by atoms with Crippen molar-refractivity contribution in [3.63, 3.8) is 0 Å². The average molecular weight is 261 g/mol. The molecule has 1 fully saturated rings. The van der Waals surface area contributed by atoms with E-state index in [0.29, 0.717) is 0 Å². The van der Waals surface area contributed by atoms with Gasteiger partial charge < -0.3 is 5.73 Å². The van der Waals surface area contributed by atoms with E-state index in [2.05, 4.69) is 5.32 Å². The fourth-order valence-electron chi connectivity index (χ4n) is 2.23. The Kier molecular flexibility index (Phi) is 4.65. The van der Waals surface area contributed by atoms with Gasteiger partial charge in [-0.05, 0) is 12.0 Å². The standard InChI is InChI=1S/C14H19N3O2/c15-12-6-7-17(9-12)10-14(19)16-13(18)8-11-4-2-1-3-5-11/h1-5,12H,6-10,15H2,(H,16,18,19)/t12-/m0/s1. The monoisotopic (exact) mass is 261 g/mol. The third-order valence-electron chi connectivity index (χ3n) is 3.16. The van der Waals surface area contributed by atoms with E-state index in [9.17, 15) is 9.59 Å².